The first kappa shape index (κ1) is 40.3. The minimum atomic E-state index is -0.369. The van der Waals surface area contributed by atoms with Gasteiger partial charge in [-0.3, -0.25) is 0 Å². The number of carbonyl (C=O) groups excluding carboxylic acids is 1. The van der Waals surface area contributed by atoms with E-state index in [0.29, 0.717) is 43.4 Å². The molecule has 0 aliphatic carbocycles. The molecule has 1 radical (unpaired) electrons. The normalized spacial score (nSPS) is 10.0. The van der Waals surface area contributed by atoms with Gasteiger partial charge in [-0.15, -0.1) is 5.10 Å². The molecule has 0 fully saturated rings. The van der Waals surface area contributed by atoms with Gasteiger partial charge < -0.3 is 34.5 Å². The number of hydrogen-bond acceptors (Lipinski definition) is 6. The first-order chi connectivity index (χ1) is 15.3. The number of rotatable bonds is 11. The quantitative estimate of drug-likeness (QED) is 0.157. The van der Waals surface area contributed by atoms with Crippen molar-refractivity contribution < 1.29 is 37.6 Å². The van der Waals surface area contributed by atoms with Gasteiger partial charge in [-0.1, -0.05) is 60.6 Å². The van der Waals surface area contributed by atoms with E-state index in [2.05, 4.69) is 65.7 Å². The summed E-state index contributed by atoms with van der Waals surface area (Å²) in [5.41, 5.74) is 0.985. The molecule has 0 amide bonds. The van der Waals surface area contributed by atoms with Gasteiger partial charge in [0.1, 0.15) is 13.4 Å². The Hall–Kier alpha value is -0.886. The summed E-state index contributed by atoms with van der Waals surface area (Å²) >= 11 is 0. The Balaban J connectivity index is -0.000000315. The second kappa shape index (κ2) is 28.4. The Labute approximate surface area is 223 Å². The molecule has 1 heterocycles. The molecule has 0 unspecified atom stereocenters. The SMILES string of the molecule is CC(C)COC(=O)COCOCCn1cc(CC(C)C)nn1.C[CH-]C.[CH2-]C(C)C.[CH2-]C(C)C.[V]. The Morgan fingerprint density at radius 1 is 1.00 bits per heavy atom. The number of esters is 1. The maximum Gasteiger partial charge on any atom is 0.332 e. The minimum Gasteiger partial charge on any atom is -0.464 e. The van der Waals surface area contributed by atoms with E-state index in [1.807, 2.05) is 40.3 Å². The number of aromatic nitrogens is 3. The number of hydrogen-bond donors (Lipinski definition) is 0. The van der Waals surface area contributed by atoms with E-state index < -0.39 is 0 Å². The second-order valence-corrected chi connectivity index (χ2v) is 9.39. The van der Waals surface area contributed by atoms with Crippen molar-refractivity contribution in [2.24, 2.45) is 23.7 Å². The average molecular weight is 522 g/mol. The van der Waals surface area contributed by atoms with Crippen molar-refractivity contribution in [3.05, 3.63) is 32.2 Å². The molecular weight excluding hydrogens is 469 g/mol. The van der Waals surface area contributed by atoms with Gasteiger partial charge in [0.25, 0.3) is 0 Å². The maximum absolute atomic E-state index is 11.3. The minimum absolute atomic E-state index is 0. The fourth-order valence-corrected chi connectivity index (χ4v) is 1.66. The Kier molecular flexibility index (Phi) is 33.6. The van der Waals surface area contributed by atoms with Crippen molar-refractivity contribution in [3.63, 3.8) is 0 Å². The van der Waals surface area contributed by atoms with Crippen LogP contribution >= 0.6 is 0 Å². The molecule has 0 saturated heterocycles. The maximum atomic E-state index is 11.3. The molecule has 0 saturated carbocycles. The zero-order valence-electron chi connectivity index (χ0n) is 23.5. The predicted molar refractivity (Wildman–Crippen MR) is 137 cm³/mol. The van der Waals surface area contributed by atoms with E-state index in [0.717, 1.165) is 12.1 Å². The fourth-order valence-electron chi connectivity index (χ4n) is 1.66. The monoisotopic (exact) mass is 521 g/mol. The summed E-state index contributed by atoms with van der Waals surface area (Å²) in [5.74, 6) is 1.68. The number of ether oxygens (including phenoxy) is 3. The summed E-state index contributed by atoms with van der Waals surface area (Å²) in [6.45, 7) is 29.2. The molecule has 0 N–H and O–H groups in total. The zero-order valence-corrected chi connectivity index (χ0v) is 24.9. The summed E-state index contributed by atoms with van der Waals surface area (Å²) in [4.78, 5) is 11.3. The van der Waals surface area contributed by atoms with E-state index in [9.17, 15) is 4.79 Å². The predicted octanol–water partition coefficient (Wildman–Crippen LogP) is 5.85. The third-order valence-corrected chi connectivity index (χ3v) is 2.63. The smallest absolute Gasteiger partial charge is 0.332 e. The van der Waals surface area contributed by atoms with Crippen molar-refractivity contribution in [1.29, 1.82) is 0 Å². The van der Waals surface area contributed by atoms with Gasteiger partial charge >= 0.3 is 5.97 Å². The molecule has 1 aromatic rings. The van der Waals surface area contributed by atoms with Crippen molar-refractivity contribution in [1.82, 2.24) is 15.0 Å². The van der Waals surface area contributed by atoms with Crippen LogP contribution in [0.4, 0.5) is 0 Å². The third-order valence-electron chi connectivity index (χ3n) is 2.63. The molecule has 8 heteroatoms. The van der Waals surface area contributed by atoms with Gasteiger partial charge in [-0.2, -0.15) is 25.7 Å². The van der Waals surface area contributed by atoms with Gasteiger partial charge in [-0.05, 0) is 18.3 Å². The van der Waals surface area contributed by atoms with Crippen molar-refractivity contribution in [2.45, 2.75) is 82.2 Å². The Bertz CT molecular complexity index is 524. The van der Waals surface area contributed by atoms with Crippen molar-refractivity contribution >= 4 is 5.97 Å². The van der Waals surface area contributed by atoms with E-state index in [-0.39, 0.29) is 37.9 Å². The van der Waals surface area contributed by atoms with Gasteiger partial charge in [-0.25, -0.2) is 9.48 Å². The molecular formula is C26H52N3O4V-3. The molecule has 1 aromatic heterocycles. The van der Waals surface area contributed by atoms with Gasteiger partial charge in [0.2, 0.25) is 0 Å². The molecule has 0 spiro atoms. The van der Waals surface area contributed by atoms with Crippen LogP contribution in [0.15, 0.2) is 6.20 Å². The standard InChI is InChI=1S/C15H27N3O4.2C4H9.C3H7.V/c1-12(2)7-14-8-18(17-16-14)5-6-20-11-21-10-15(19)22-9-13(3)4;2*1-4(2)3;1-3-2;/h8,12-13H,5-7,9-11H2,1-4H3;2*4H,1H2,2-3H3;3H,1-2H3;/q;3*-1;. The van der Waals surface area contributed by atoms with Crippen LogP contribution in [0, 0.1) is 43.9 Å². The third kappa shape index (κ3) is 41.4. The molecule has 203 valence electrons. The largest absolute Gasteiger partial charge is 0.464 e. The van der Waals surface area contributed by atoms with Gasteiger partial charge in [0.15, 0.2) is 0 Å². The summed E-state index contributed by atoms with van der Waals surface area (Å²) in [6, 6.07) is 0. The Morgan fingerprint density at radius 3 is 1.94 bits per heavy atom. The Morgan fingerprint density at radius 2 is 1.50 bits per heavy atom. The van der Waals surface area contributed by atoms with E-state index in [1.165, 1.54) is 0 Å². The zero-order chi connectivity index (χ0) is 26.2. The van der Waals surface area contributed by atoms with Crippen LogP contribution in [0.25, 0.3) is 0 Å². The average Bonchev–Trinajstić information content (AvgIpc) is 3.09. The van der Waals surface area contributed by atoms with Crippen LogP contribution in [0.3, 0.4) is 0 Å². The van der Waals surface area contributed by atoms with Crippen LogP contribution in [0.1, 0.15) is 74.9 Å². The van der Waals surface area contributed by atoms with Crippen LogP contribution in [0.5, 0.6) is 0 Å². The summed E-state index contributed by atoms with van der Waals surface area (Å²) < 4.78 is 17.1. The van der Waals surface area contributed by atoms with E-state index in [1.54, 1.807) is 4.68 Å². The molecule has 0 bridgehead atoms. The summed E-state index contributed by atoms with van der Waals surface area (Å²) in [6.07, 6.45) is 4.84. The molecule has 34 heavy (non-hydrogen) atoms. The fraction of sp³-hybridized carbons (Fsp3) is 0.769. The van der Waals surface area contributed by atoms with E-state index in [4.69, 9.17) is 14.2 Å². The van der Waals surface area contributed by atoms with E-state index >= 15 is 0 Å². The summed E-state index contributed by atoms with van der Waals surface area (Å²) in [5, 5.41) is 8.12. The molecule has 0 aliphatic rings. The molecule has 7 nitrogen and oxygen atoms in total. The van der Waals surface area contributed by atoms with Crippen molar-refractivity contribution in [2.75, 3.05) is 26.6 Å². The molecule has 0 aromatic carbocycles. The summed E-state index contributed by atoms with van der Waals surface area (Å²) in [7, 11) is 0. The van der Waals surface area contributed by atoms with Crippen LogP contribution in [-0.4, -0.2) is 47.6 Å². The second-order valence-electron chi connectivity index (χ2n) is 9.39. The van der Waals surface area contributed by atoms with Gasteiger partial charge in [0, 0.05) is 24.8 Å². The molecule has 0 aliphatic heterocycles. The van der Waals surface area contributed by atoms with Crippen LogP contribution in [-0.2, 0) is 50.5 Å². The van der Waals surface area contributed by atoms with Crippen LogP contribution in [0.2, 0.25) is 0 Å². The number of carbonyl (C=O) groups is 1. The first-order valence-electron chi connectivity index (χ1n) is 12.0. The van der Waals surface area contributed by atoms with Crippen LogP contribution < -0.4 is 0 Å². The molecule has 0 atom stereocenters. The van der Waals surface area contributed by atoms with Crippen molar-refractivity contribution in [3.8, 4) is 0 Å². The molecule has 1 rings (SSSR count). The number of nitrogens with zero attached hydrogens (tertiary/aromatic N) is 3. The topological polar surface area (TPSA) is 75.5 Å². The first-order valence-corrected chi connectivity index (χ1v) is 12.0. The van der Waals surface area contributed by atoms with Gasteiger partial charge in [0.05, 0.1) is 25.5 Å².